The summed E-state index contributed by atoms with van der Waals surface area (Å²) in [6, 6.07) is 22.7. The van der Waals surface area contributed by atoms with Crippen LogP contribution in [0, 0.1) is 0 Å². The van der Waals surface area contributed by atoms with Gasteiger partial charge in [0.05, 0.1) is 29.3 Å². The Bertz CT molecular complexity index is 1290. The number of Topliss-reactive ketones (excluding diaryl/α,β-unsaturated/α-hetero) is 1. The Morgan fingerprint density at radius 2 is 1.73 bits per heavy atom. The highest BCUT2D eigenvalue weighted by Crippen LogP contribution is 2.41. The lowest BCUT2D eigenvalue weighted by Gasteiger charge is -2.26. The molecular formula is C26H19NO5S. The van der Waals surface area contributed by atoms with Gasteiger partial charge in [-0.25, -0.2) is 0 Å². The number of nitrogens with zero attached hydrogens (tertiary/aromatic N) is 1. The minimum atomic E-state index is -0.761. The summed E-state index contributed by atoms with van der Waals surface area (Å²) in [4.78, 5) is 28.2. The molecule has 1 amide bonds. The van der Waals surface area contributed by atoms with E-state index in [0.29, 0.717) is 27.7 Å². The lowest BCUT2D eigenvalue weighted by Crippen LogP contribution is -2.30. The maximum absolute atomic E-state index is 13.3. The third-order valence-corrected chi connectivity index (χ3v) is 6.24. The third kappa shape index (κ3) is 4.06. The first-order chi connectivity index (χ1) is 16.1. The Morgan fingerprint density at radius 1 is 0.970 bits per heavy atom. The number of benzene rings is 2. The Kier molecular flexibility index (Phi) is 5.54. The van der Waals surface area contributed by atoms with Crippen LogP contribution in [0.3, 0.4) is 0 Å². The number of rotatable bonds is 7. The van der Waals surface area contributed by atoms with Crippen LogP contribution in [0.4, 0.5) is 0 Å². The molecule has 1 atom stereocenters. The summed E-state index contributed by atoms with van der Waals surface area (Å²) in [5.41, 5.74) is 0.741. The molecule has 0 aliphatic carbocycles. The van der Waals surface area contributed by atoms with Crippen LogP contribution in [0.25, 0.3) is 0 Å². The van der Waals surface area contributed by atoms with Crippen LogP contribution in [0.1, 0.15) is 27.0 Å². The molecule has 0 radical (unpaired) electrons. The molecule has 0 spiro atoms. The van der Waals surface area contributed by atoms with Gasteiger partial charge in [-0.05, 0) is 53.4 Å². The molecule has 1 aliphatic heterocycles. The lowest BCUT2D eigenvalue weighted by atomic mass is 9.95. The number of carbonyl (C=O) groups is 2. The molecule has 33 heavy (non-hydrogen) atoms. The predicted octanol–water partition coefficient (Wildman–Crippen LogP) is 5.91. The molecule has 6 nitrogen and oxygen atoms in total. The van der Waals surface area contributed by atoms with E-state index in [2.05, 4.69) is 0 Å². The van der Waals surface area contributed by atoms with Crippen molar-refractivity contribution in [2.45, 2.75) is 12.6 Å². The van der Waals surface area contributed by atoms with Gasteiger partial charge in [0, 0.05) is 0 Å². The SMILES string of the molecule is O=C(C1=C(O)C(=O)N(Cc2ccco2)[C@H]1c1ccc(Oc2ccccc2)cc1)c1cccs1. The lowest BCUT2D eigenvalue weighted by molar-refractivity contribution is -0.130. The Labute approximate surface area is 194 Å². The molecule has 3 heterocycles. The van der Waals surface area contributed by atoms with Gasteiger partial charge in [-0.15, -0.1) is 11.3 Å². The van der Waals surface area contributed by atoms with Crippen LogP contribution in [0.2, 0.25) is 0 Å². The van der Waals surface area contributed by atoms with Crippen LogP contribution in [-0.4, -0.2) is 21.7 Å². The number of ether oxygens (including phenoxy) is 1. The van der Waals surface area contributed by atoms with E-state index in [0.717, 1.165) is 0 Å². The number of carbonyl (C=O) groups excluding carboxylic acids is 2. The van der Waals surface area contributed by atoms with Gasteiger partial charge in [0.1, 0.15) is 17.3 Å². The molecule has 0 fully saturated rings. The van der Waals surface area contributed by atoms with Gasteiger partial charge in [-0.2, -0.15) is 0 Å². The van der Waals surface area contributed by atoms with Crippen molar-refractivity contribution in [3.8, 4) is 11.5 Å². The monoisotopic (exact) mass is 457 g/mol. The number of aliphatic hydroxyl groups excluding tert-OH is 1. The third-order valence-electron chi connectivity index (χ3n) is 5.37. The summed E-state index contributed by atoms with van der Waals surface area (Å²) >= 11 is 1.27. The average molecular weight is 458 g/mol. The van der Waals surface area contributed by atoms with E-state index in [4.69, 9.17) is 9.15 Å². The van der Waals surface area contributed by atoms with Gasteiger partial charge >= 0.3 is 0 Å². The summed E-state index contributed by atoms with van der Waals surface area (Å²) in [5, 5.41) is 12.5. The van der Waals surface area contributed by atoms with Crippen LogP contribution in [0.5, 0.6) is 11.5 Å². The van der Waals surface area contributed by atoms with Gasteiger partial charge in [0.2, 0.25) is 5.78 Å². The van der Waals surface area contributed by atoms with E-state index >= 15 is 0 Å². The fourth-order valence-electron chi connectivity index (χ4n) is 3.85. The maximum atomic E-state index is 13.3. The van der Waals surface area contributed by atoms with Crippen LogP contribution >= 0.6 is 11.3 Å². The van der Waals surface area contributed by atoms with Gasteiger partial charge in [0.15, 0.2) is 5.76 Å². The minimum Gasteiger partial charge on any atom is -0.503 e. The molecule has 5 rings (SSSR count). The second-order valence-corrected chi connectivity index (χ2v) is 8.42. The number of thiophene rings is 1. The van der Waals surface area contributed by atoms with Gasteiger partial charge in [0.25, 0.3) is 5.91 Å². The fraction of sp³-hybridized carbons (Fsp3) is 0.0769. The van der Waals surface area contributed by atoms with E-state index in [1.54, 1.807) is 53.9 Å². The molecule has 2 aromatic heterocycles. The van der Waals surface area contributed by atoms with Crippen molar-refractivity contribution in [3.05, 3.63) is 118 Å². The number of hydrogen-bond acceptors (Lipinski definition) is 6. The van der Waals surface area contributed by atoms with Crippen molar-refractivity contribution in [3.63, 3.8) is 0 Å². The molecule has 164 valence electrons. The largest absolute Gasteiger partial charge is 0.503 e. The molecule has 0 bridgehead atoms. The highest BCUT2D eigenvalue weighted by Gasteiger charge is 2.44. The minimum absolute atomic E-state index is 0.0609. The highest BCUT2D eigenvalue weighted by atomic mass is 32.1. The molecule has 2 aromatic carbocycles. The average Bonchev–Trinajstić information content (AvgIpc) is 3.59. The molecule has 7 heteroatoms. The maximum Gasteiger partial charge on any atom is 0.290 e. The normalized spacial score (nSPS) is 15.8. The van der Waals surface area contributed by atoms with Crippen LogP contribution < -0.4 is 4.74 Å². The van der Waals surface area contributed by atoms with Crippen molar-refractivity contribution in [2.75, 3.05) is 0 Å². The Balaban J connectivity index is 1.51. The number of para-hydroxylation sites is 1. The molecule has 1 N–H and O–H groups in total. The molecule has 0 unspecified atom stereocenters. The summed E-state index contributed by atoms with van der Waals surface area (Å²) in [6.45, 7) is 0.115. The second-order valence-electron chi connectivity index (χ2n) is 7.47. The number of furan rings is 1. The smallest absolute Gasteiger partial charge is 0.290 e. The van der Waals surface area contributed by atoms with Gasteiger partial charge in [-0.1, -0.05) is 36.4 Å². The Hall–Kier alpha value is -4.10. The number of amides is 1. The highest BCUT2D eigenvalue weighted by molar-refractivity contribution is 7.12. The van der Waals surface area contributed by atoms with Crippen LogP contribution in [-0.2, 0) is 11.3 Å². The second kappa shape index (κ2) is 8.80. The van der Waals surface area contributed by atoms with Crippen LogP contribution in [0.15, 0.2) is 106 Å². The standard InChI is InChI=1S/C26H19NO5S/c28-24(21-9-5-15-33-21)22-23(27(26(30)25(22)29)16-20-8-4-14-31-20)17-10-12-19(13-11-17)32-18-6-2-1-3-7-18/h1-15,23,29H,16H2/t23-/m0/s1. The molecule has 0 saturated carbocycles. The summed E-state index contributed by atoms with van der Waals surface area (Å²) in [6.07, 6.45) is 1.52. The molecular weight excluding hydrogens is 438 g/mol. The topological polar surface area (TPSA) is 80.0 Å². The zero-order valence-electron chi connectivity index (χ0n) is 17.4. The van der Waals surface area contributed by atoms with E-state index in [9.17, 15) is 14.7 Å². The van der Waals surface area contributed by atoms with Gasteiger partial charge in [-0.3, -0.25) is 9.59 Å². The quantitative estimate of drug-likeness (QED) is 0.349. The number of ketones is 1. The summed E-state index contributed by atoms with van der Waals surface area (Å²) in [5.74, 6) is 0.357. The molecule has 1 aliphatic rings. The number of hydrogen-bond donors (Lipinski definition) is 1. The predicted molar refractivity (Wildman–Crippen MR) is 123 cm³/mol. The zero-order valence-corrected chi connectivity index (χ0v) is 18.2. The van der Waals surface area contributed by atoms with Gasteiger partial charge < -0.3 is 19.2 Å². The first-order valence-electron chi connectivity index (χ1n) is 10.3. The summed E-state index contributed by atoms with van der Waals surface area (Å²) in [7, 11) is 0. The zero-order chi connectivity index (χ0) is 22.8. The van der Waals surface area contributed by atoms with Crippen molar-refractivity contribution >= 4 is 23.0 Å². The first kappa shape index (κ1) is 20.8. The first-order valence-corrected chi connectivity index (χ1v) is 11.2. The Morgan fingerprint density at radius 3 is 2.39 bits per heavy atom. The summed E-state index contributed by atoms with van der Waals surface area (Å²) < 4.78 is 11.3. The van der Waals surface area contributed by atoms with E-state index in [-0.39, 0.29) is 17.9 Å². The van der Waals surface area contributed by atoms with E-state index < -0.39 is 17.7 Å². The van der Waals surface area contributed by atoms with Crippen molar-refractivity contribution in [1.82, 2.24) is 4.90 Å². The van der Waals surface area contributed by atoms with Crippen molar-refractivity contribution in [1.29, 1.82) is 0 Å². The fourth-order valence-corrected chi connectivity index (χ4v) is 4.53. The molecule has 0 saturated heterocycles. The van der Waals surface area contributed by atoms with Crippen molar-refractivity contribution in [2.24, 2.45) is 0 Å². The van der Waals surface area contributed by atoms with E-state index in [1.165, 1.54) is 22.5 Å². The van der Waals surface area contributed by atoms with Crippen molar-refractivity contribution < 1.29 is 23.8 Å². The number of aliphatic hydroxyl groups is 1. The van der Waals surface area contributed by atoms with E-state index in [1.807, 2.05) is 30.3 Å². The molecule has 4 aromatic rings.